The second-order valence-electron chi connectivity index (χ2n) is 6.51. The van der Waals surface area contributed by atoms with Gasteiger partial charge in [0.15, 0.2) is 0 Å². The van der Waals surface area contributed by atoms with Gasteiger partial charge in [-0.15, -0.1) is 0 Å². The van der Waals surface area contributed by atoms with Crippen molar-refractivity contribution in [2.75, 3.05) is 13.1 Å². The monoisotopic (exact) mass is 306 g/mol. The summed E-state index contributed by atoms with van der Waals surface area (Å²) in [7, 11) is 0. The first-order chi connectivity index (χ1) is 9.82. The van der Waals surface area contributed by atoms with Crippen molar-refractivity contribution in [2.24, 2.45) is 23.5 Å². The lowest BCUT2D eigenvalue weighted by atomic mass is 9.79. The van der Waals surface area contributed by atoms with Crippen LogP contribution in [0.25, 0.3) is 0 Å². The average molecular weight is 306 g/mol. The van der Waals surface area contributed by atoms with Crippen LogP contribution in [0.1, 0.15) is 45.4 Å². The molecule has 2 fully saturated rings. The summed E-state index contributed by atoms with van der Waals surface area (Å²) in [5, 5.41) is 0. The van der Waals surface area contributed by atoms with E-state index in [2.05, 4.69) is 0 Å². The average Bonchev–Trinajstić information content (AvgIpc) is 2.46. The Morgan fingerprint density at radius 2 is 2.00 bits per heavy atom. The van der Waals surface area contributed by atoms with E-state index in [9.17, 15) is 18.0 Å². The van der Waals surface area contributed by atoms with E-state index in [0.717, 1.165) is 12.8 Å². The summed E-state index contributed by atoms with van der Waals surface area (Å²) in [4.78, 5) is 14.3. The molecule has 6 heteroatoms. The molecule has 1 saturated heterocycles. The van der Waals surface area contributed by atoms with Gasteiger partial charge in [-0.1, -0.05) is 19.8 Å². The van der Waals surface area contributed by atoms with E-state index in [1.54, 1.807) is 4.90 Å². The number of nitrogens with zero attached hydrogens (tertiary/aromatic N) is 1. The highest BCUT2D eigenvalue weighted by molar-refractivity contribution is 5.79. The van der Waals surface area contributed by atoms with Crippen molar-refractivity contribution >= 4 is 5.91 Å². The minimum Gasteiger partial charge on any atom is -0.342 e. The molecule has 1 amide bonds. The van der Waals surface area contributed by atoms with Crippen LogP contribution in [0.15, 0.2) is 0 Å². The van der Waals surface area contributed by atoms with Crippen molar-refractivity contribution in [3.05, 3.63) is 0 Å². The van der Waals surface area contributed by atoms with Gasteiger partial charge in [0.05, 0.1) is 5.92 Å². The fourth-order valence-electron chi connectivity index (χ4n) is 3.65. The summed E-state index contributed by atoms with van der Waals surface area (Å²) in [6.07, 6.45) is -1.32. The SMILES string of the molecule is CCC1CN(C(=O)C2CCCC(C(F)(F)F)C2)CCC1N. The maximum atomic E-state index is 12.8. The van der Waals surface area contributed by atoms with Crippen LogP contribution in [0.3, 0.4) is 0 Å². The number of rotatable bonds is 2. The Labute approximate surface area is 124 Å². The molecule has 2 aliphatic rings. The van der Waals surface area contributed by atoms with Crippen LogP contribution in [-0.4, -0.2) is 36.1 Å². The van der Waals surface area contributed by atoms with Crippen molar-refractivity contribution in [1.29, 1.82) is 0 Å². The lowest BCUT2D eigenvalue weighted by molar-refractivity contribution is -0.187. The first-order valence-electron chi connectivity index (χ1n) is 7.94. The number of halogens is 3. The molecule has 0 radical (unpaired) electrons. The van der Waals surface area contributed by atoms with Gasteiger partial charge in [-0.25, -0.2) is 0 Å². The molecule has 3 nitrogen and oxygen atoms in total. The summed E-state index contributed by atoms with van der Waals surface area (Å²) in [6, 6.07) is 0.105. The number of amides is 1. The number of likely N-dealkylation sites (tertiary alicyclic amines) is 1. The van der Waals surface area contributed by atoms with Crippen molar-refractivity contribution in [2.45, 2.75) is 57.7 Å². The first kappa shape index (κ1) is 16.6. The Bertz CT molecular complexity index is 372. The molecule has 122 valence electrons. The second-order valence-corrected chi connectivity index (χ2v) is 6.51. The summed E-state index contributed by atoms with van der Waals surface area (Å²) < 4.78 is 38.5. The lowest BCUT2D eigenvalue weighted by Crippen LogP contribution is -2.51. The molecule has 1 saturated carbocycles. The van der Waals surface area contributed by atoms with Crippen molar-refractivity contribution < 1.29 is 18.0 Å². The number of carbonyl (C=O) groups is 1. The quantitative estimate of drug-likeness (QED) is 0.852. The van der Waals surface area contributed by atoms with Crippen LogP contribution >= 0.6 is 0 Å². The Kier molecular flexibility index (Phi) is 5.17. The van der Waals surface area contributed by atoms with Gasteiger partial charge in [0.2, 0.25) is 5.91 Å². The van der Waals surface area contributed by atoms with E-state index in [1.807, 2.05) is 6.92 Å². The molecule has 1 aliphatic carbocycles. The zero-order valence-corrected chi connectivity index (χ0v) is 12.5. The predicted octanol–water partition coefficient (Wildman–Crippen LogP) is 2.94. The van der Waals surface area contributed by atoms with E-state index < -0.39 is 18.0 Å². The van der Waals surface area contributed by atoms with E-state index in [4.69, 9.17) is 5.73 Å². The van der Waals surface area contributed by atoms with Gasteiger partial charge in [-0.3, -0.25) is 4.79 Å². The Morgan fingerprint density at radius 1 is 1.29 bits per heavy atom. The highest BCUT2D eigenvalue weighted by Gasteiger charge is 2.44. The molecule has 2 N–H and O–H groups in total. The Hall–Kier alpha value is -0.780. The number of hydrogen-bond acceptors (Lipinski definition) is 2. The molecule has 4 atom stereocenters. The molecule has 2 rings (SSSR count). The third-order valence-electron chi connectivity index (χ3n) is 5.12. The molecule has 1 aliphatic heterocycles. The molecule has 0 aromatic rings. The van der Waals surface area contributed by atoms with Gasteiger partial charge in [-0.2, -0.15) is 13.2 Å². The van der Waals surface area contributed by atoms with Crippen LogP contribution < -0.4 is 5.73 Å². The number of hydrogen-bond donors (Lipinski definition) is 1. The van der Waals surface area contributed by atoms with Crippen LogP contribution in [-0.2, 0) is 4.79 Å². The normalized spacial score (nSPS) is 34.8. The highest BCUT2D eigenvalue weighted by Crippen LogP contribution is 2.40. The summed E-state index contributed by atoms with van der Waals surface area (Å²) >= 11 is 0. The molecule has 0 aromatic carbocycles. The zero-order chi connectivity index (χ0) is 15.6. The van der Waals surface area contributed by atoms with Crippen molar-refractivity contribution in [3.63, 3.8) is 0 Å². The minimum atomic E-state index is -4.17. The molecule has 0 spiro atoms. The topological polar surface area (TPSA) is 46.3 Å². The number of alkyl halides is 3. The smallest absolute Gasteiger partial charge is 0.342 e. The van der Waals surface area contributed by atoms with Crippen molar-refractivity contribution in [1.82, 2.24) is 4.90 Å². The standard InChI is InChI=1S/C15H25F3N2O/c1-2-10-9-20(7-6-13(10)19)14(21)11-4-3-5-12(8-11)15(16,17)18/h10-13H,2-9,19H2,1H3. The summed E-state index contributed by atoms with van der Waals surface area (Å²) in [6.45, 7) is 3.23. The molecule has 4 unspecified atom stereocenters. The molecule has 21 heavy (non-hydrogen) atoms. The Morgan fingerprint density at radius 3 is 2.62 bits per heavy atom. The number of nitrogens with two attached hydrogens (primary N) is 1. The Balaban J connectivity index is 1.96. The minimum absolute atomic E-state index is 0.0400. The maximum Gasteiger partial charge on any atom is 0.391 e. The molecular formula is C15H25F3N2O. The molecular weight excluding hydrogens is 281 g/mol. The molecule has 0 aromatic heterocycles. The van der Waals surface area contributed by atoms with E-state index in [0.29, 0.717) is 25.9 Å². The molecule has 1 heterocycles. The third kappa shape index (κ3) is 3.90. The number of carbonyl (C=O) groups excluding carboxylic acids is 1. The van der Waals surface area contributed by atoms with E-state index in [1.165, 1.54) is 0 Å². The highest BCUT2D eigenvalue weighted by atomic mass is 19.4. The van der Waals surface area contributed by atoms with Gasteiger partial charge in [0.1, 0.15) is 0 Å². The maximum absolute atomic E-state index is 12.8. The van der Waals surface area contributed by atoms with Gasteiger partial charge in [0.25, 0.3) is 0 Å². The third-order valence-corrected chi connectivity index (χ3v) is 5.12. The van der Waals surface area contributed by atoms with Crippen LogP contribution in [0.2, 0.25) is 0 Å². The second kappa shape index (κ2) is 6.55. The van der Waals surface area contributed by atoms with Crippen LogP contribution in [0, 0.1) is 17.8 Å². The van der Waals surface area contributed by atoms with Gasteiger partial charge < -0.3 is 10.6 Å². The summed E-state index contributed by atoms with van der Waals surface area (Å²) in [5.74, 6) is -1.59. The van der Waals surface area contributed by atoms with Crippen LogP contribution in [0.4, 0.5) is 13.2 Å². The predicted molar refractivity (Wildman–Crippen MR) is 74.5 cm³/mol. The molecule has 0 bridgehead atoms. The van der Waals surface area contributed by atoms with Gasteiger partial charge in [-0.05, 0) is 31.6 Å². The first-order valence-corrected chi connectivity index (χ1v) is 7.94. The van der Waals surface area contributed by atoms with Crippen molar-refractivity contribution in [3.8, 4) is 0 Å². The zero-order valence-electron chi connectivity index (χ0n) is 12.5. The largest absolute Gasteiger partial charge is 0.391 e. The lowest BCUT2D eigenvalue weighted by Gasteiger charge is -2.39. The van der Waals surface area contributed by atoms with Gasteiger partial charge >= 0.3 is 6.18 Å². The summed E-state index contributed by atoms with van der Waals surface area (Å²) in [5.41, 5.74) is 6.02. The fourth-order valence-corrected chi connectivity index (χ4v) is 3.65. The van der Waals surface area contributed by atoms with Gasteiger partial charge in [0, 0.05) is 25.0 Å². The van der Waals surface area contributed by atoms with E-state index >= 15 is 0 Å². The fraction of sp³-hybridized carbons (Fsp3) is 0.933. The van der Waals surface area contributed by atoms with Crippen LogP contribution in [0.5, 0.6) is 0 Å². The number of piperidine rings is 1. The van der Waals surface area contributed by atoms with E-state index in [-0.39, 0.29) is 30.7 Å².